The summed E-state index contributed by atoms with van der Waals surface area (Å²) in [6, 6.07) is 5.81. The molecule has 2 aliphatic rings. The predicted octanol–water partition coefficient (Wildman–Crippen LogP) is 1.37. The first-order valence-electron chi connectivity index (χ1n) is 9.34. The minimum Gasteiger partial charge on any atom is -0.488 e. The van der Waals surface area contributed by atoms with Crippen molar-refractivity contribution in [3.63, 3.8) is 0 Å². The molecule has 28 heavy (non-hydrogen) atoms. The molecule has 2 saturated heterocycles. The van der Waals surface area contributed by atoms with E-state index in [1.165, 1.54) is 0 Å². The van der Waals surface area contributed by atoms with Gasteiger partial charge in [-0.15, -0.1) is 12.4 Å². The molecule has 2 fully saturated rings. The van der Waals surface area contributed by atoms with Crippen LogP contribution in [0.3, 0.4) is 0 Å². The van der Waals surface area contributed by atoms with E-state index < -0.39 is 20.5 Å². The summed E-state index contributed by atoms with van der Waals surface area (Å²) in [5.41, 5.74) is 1.89. The van der Waals surface area contributed by atoms with Crippen LogP contribution >= 0.6 is 12.4 Å². The molecule has 0 aliphatic carbocycles. The van der Waals surface area contributed by atoms with E-state index in [-0.39, 0.29) is 37.9 Å². The molecular weight excluding hydrogens is 404 g/mol. The molecule has 1 aromatic carbocycles. The van der Waals surface area contributed by atoms with Crippen molar-refractivity contribution in [2.24, 2.45) is 0 Å². The molecule has 2 heterocycles. The minimum absolute atomic E-state index is 0. The Kier molecular flexibility index (Phi) is 7.73. The Hall–Kier alpha value is -1.35. The molecule has 0 saturated carbocycles. The summed E-state index contributed by atoms with van der Waals surface area (Å²) in [6.07, 6.45) is 2.57. The molecule has 0 radical (unpaired) electrons. The number of aryl methyl sites for hydroxylation is 1. The second kappa shape index (κ2) is 9.43. The highest BCUT2D eigenvalue weighted by Crippen LogP contribution is 2.29. The van der Waals surface area contributed by atoms with E-state index in [4.69, 9.17) is 9.47 Å². The van der Waals surface area contributed by atoms with Crippen molar-refractivity contribution in [1.29, 1.82) is 0 Å². The number of carbonyl (C=O) groups is 1. The number of ether oxygens (including phenoxy) is 2. The van der Waals surface area contributed by atoms with Crippen molar-refractivity contribution in [3.8, 4) is 5.75 Å². The fourth-order valence-electron chi connectivity index (χ4n) is 3.64. The van der Waals surface area contributed by atoms with Crippen LogP contribution in [0.15, 0.2) is 18.2 Å². The molecule has 2 N–H and O–H groups in total. The van der Waals surface area contributed by atoms with Crippen molar-refractivity contribution in [1.82, 2.24) is 10.6 Å². The minimum atomic E-state index is -3.53. The second-order valence-corrected chi connectivity index (χ2v) is 9.74. The van der Waals surface area contributed by atoms with Crippen LogP contribution in [0.25, 0.3) is 0 Å². The third-order valence-corrected chi connectivity index (χ3v) is 7.39. The number of halogens is 1. The topological polar surface area (TPSA) is 93.7 Å². The molecular formula is C19H29ClN2O5S. The summed E-state index contributed by atoms with van der Waals surface area (Å²) in [5.74, 6) is 0.284. The number of rotatable bonds is 6. The summed E-state index contributed by atoms with van der Waals surface area (Å²) < 4.78 is 34.8. The van der Waals surface area contributed by atoms with Crippen LogP contribution in [0.4, 0.5) is 0 Å². The SMILES string of the molecule is Cc1ccc(CNC(=O)C2(S(C)(=O)=O)CCNCC2)c(OC2CCOC2)c1.Cl. The lowest BCUT2D eigenvalue weighted by molar-refractivity contribution is -0.124. The van der Waals surface area contributed by atoms with E-state index >= 15 is 0 Å². The highest BCUT2D eigenvalue weighted by atomic mass is 35.5. The van der Waals surface area contributed by atoms with Gasteiger partial charge in [0, 0.05) is 24.8 Å². The molecule has 0 aromatic heterocycles. The number of carbonyl (C=O) groups excluding carboxylic acids is 1. The highest BCUT2D eigenvalue weighted by molar-refractivity contribution is 7.92. The average Bonchev–Trinajstić information content (AvgIpc) is 3.13. The monoisotopic (exact) mass is 432 g/mol. The molecule has 1 atom stereocenters. The van der Waals surface area contributed by atoms with Gasteiger partial charge in [-0.25, -0.2) is 8.42 Å². The lowest BCUT2D eigenvalue weighted by atomic mass is 9.95. The first-order chi connectivity index (χ1) is 12.8. The molecule has 1 unspecified atom stereocenters. The summed E-state index contributed by atoms with van der Waals surface area (Å²) in [6.45, 7) is 4.49. The lowest BCUT2D eigenvalue weighted by Crippen LogP contribution is -2.57. The van der Waals surface area contributed by atoms with Crippen molar-refractivity contribution >= 4 is 28.2 Å². The van der Waals surface area contributed by atoms with Crippen LogP contribution in [0, 0.1) is 6.92 Å². The van der Waals surface area contributed by atoms with Crippen LogP contribution in [0.5, 0.6) is 5.75 Å². The zero-order valence-corrected chi connectivity index (χ0v) is 18.0. The lowest BCUT2D eigenvalue weighted by Gasteiger charge is -2.34. The maximum atomic E-state index is 12.9. The van der Waals surface area contributed by atoms with Gasteiger partial charge in [0.2, 0.25) is 5.91 Å². The van der Waals surface area contributed by atoms with E-state index in [0.717, 1.165) is 23.8 Å². The van der Waals surface area contributed by atoms with Crippen LogP contribution < -0.4 is 15.4 Å². The van der Waals surface area contributed by atoms with E-state index in [1.807, 2.05) is 25.1 Å². The smallest absolute Gasteiger partial charge is 0.241 e. The number of benzene rings is 1. The maximum Gasteiger partial charge on any atom is 0.241 e. The Morgan fingerprint density at radius 1 is 1.36 bits per heavy atom. The number of hydrogen-bond acceptors (Lipinski definition) is 6. The predicted molar refractivity (Wildman–Crippen MR) is 110 cm³/mol. The van der Waals surface area contributed by atoms with Gasteiger partial charge in [0.15, 0.2) is 14.6 Å². The zero-order chi connectivity index (χ0) is 19.5. The number of sulfone groups is 1. The van der Waals surface area contributed by atoms with Crippen LogP contribution in [0.1, 0.15) is 30.4 Å². The van der Waals surface area contributed by atoms with Crippen LogP contribution in [-0.4, -0.2) is 57.7 Å². The maximum absolute atomic E-state index is 12.9. The van der Waals surface area contributed by atoms with Gasteiger partial charge < -0.3 is 20.1 Å². The van der Waals surface area contributed by atoms with Gasteiger partial charge in [-0.1, -0.05) is 12.1 Å². The third-order valence-electron chi connectivity index (χ3n) is 5.38. The molecule has 2 aliphatic heterocycles. The summed E-state index contributed by atoms with van der Waals surface area (Å²) in [4.78, 5) is 12.9. The van der Waals surface area contributed by atoms with Crippen molar-refractivity contribution in [2.45, 2.75) is 43.6 Å². The molecule has 9 heteroatoms. The normalized spacial score (nSPS) is 21.6. The largest absolute Gasteiger partial charge is 0.488 e. The molecule has 3 rings (SSSR count). The summed E-state index contributed by atoms with van der Waals surface area (Å²) >= 11 is 0. The van der Waals surface area contributed by atoms with Crippen molar-refractivity contribution < 1.29 is 22.7 Å². The van der Waals surface area contributed by atoms with E-state index in [1.54, 1.807) is 0 Å². The van der Waals surface area contributed by atoms with Gasteiger partial charge >= 0.3 is 0 Å². The van der Waals surface area contributed by atoms with E-state index in [9.17, 15) is 13.2 Å². The summed E-state index contributed by atoms with van der Waals surface area (Å²) in [5, 5.41) is 5.96. The second-order valence-electron chi connectivity index (χ2n) is 7.41. The number of nitrogens with one attached hydrogen (secondary N) is 2. The number of piperidine rings is 1. The highest BCUT2D eigenvalue weighted by Gasteiger charge is 2.48. The molecule has 0 spiro atoms. The molecule has 1 aromatic rings. The molecule has 158 valence electrons. The quantitative estimate of drug-likeness (QED) is 0.705. The molecule has 1 amide bonds. The average molecular weight is 433 g/mol. The van der Waals surface area contributed by atoms with Gasteiger partial charge in [0.1, 0.15) is 11.9 Å². The van der Waals surface area contributed by atoms with Crippen LogP contribution in [-0.2, 0) is 25.9 Å². The fraction of sp³-hybridized carbons (Fsp3) is 0.632. The summed E-state index contributed by atoms with van der Waals surface area (Å²) in [7, 11) is -3.53. The molecule has 0 bridgehead atoms. The van der Waals surface area contributed by atoms with Crippen molar-refractivity contribution in [2.75, 3.05) is 32.6 Å². The van der Waals surface area contributed by atoms with Gasteiger partial charge in [0.25, 0.3) is 0 Å². The Morgan fingerprint density at radius 3 is 2.68 bits per heavy atom. The Morgan fingerprint density at radius 2 is 2.07 bits per heavy atom. The Bertz CT molecular complexity index is 788. The van der Waals surface area contributed by atoms with Gasteiger partial charge in [-0.3, -0.25) is 4.79 Å². The number of amides is 1. The first-order valence-corrected chi connectivity index (χ1v) is 11.2. The standard InChI is InChI=1S/C19H28N2O5S.ClH/c1-14-3-4-15(17(11-14)26-16-5-10-25-13-16)12-21-18(22)19(27(2,23)24)6-8-20-9-7-19;/h3-4,11,16,20H,5-10,12-13H2,1-2H3,(H,21,22);1H. The molecule has 7 nitrogen and oxygen atoms in total. The Labute approximate surface area is 172 Å². The Balaban J connectivity index is 0.00000280. The third kappa shape index (κ3) is 4.97. The van der Waals surface area contributed by atoms with Crippen molar-refractivity contribution in [3.05, 3.63) is 29.3 Å². The zero-order valence-electron chi connectivity index (χ0n) is 16.3. The van der Waals surface area contributed by atoms with Crippen LogP contribution in [0.2, 0.25) is 0 Å². The van der Waals surface area contributed by atoms with Gasteiger partial charge in [-0.2, -0.15) is 0 Å². The fourth-order valence-corrected chi connectivity index (χ4v) is 4.99. The number of hydrogen-bond donors (Lipinski definition) is 2. The van der Waals surface area contributed by atoms with Gasteiger partial charge in [-0.05, 0) is 44.5 Å². The van der Waals surface area contributed by atoms with Gasteiger partial charge in [0.05, 0.1) is 13.2 Å². The van der Waals surface area contributed by atoms with E-state index in [0.29, 0.717) is 32.1 Å². The first kappa shape index (κ1) is 22.9. The van der Waals surface area contributed by atoms with E-state index in [2.05, 4.69) is 10.6 Å².